The van der Waals surface area contributed by atoms with Crippen molar-refractivity contribution in [3.8, 4) is 0 Å². The van der Waals surface area contributed by atoms with E-state index in [1.54, 1.807) is 11.9 Å². The van der Waals surface area contributed by atoms with Crippen LogP contribution in [0, 0.1) is 5.92 Å². The topological polar surface area (TPSA) is 46.6 Å². The van der Waals surface area contributed by atoms with Crippen molar-refractivity contribution < 1.29 is 14.3 Å². The summed E-state index contributed by atoms with van der Waals surface area (Å²) in [5.74, 6) is 0.0707. The Kier molecular flexibility index (Phi) is 5.02. The van der Waals surface area contributed by atoms with E-state index in [0.717, 1.165) is 12.8 Å². The fourth-order valence-corrected chi connectivity index (χ4v) is 1.80. The zero-order chi connectivity index (χ0) is 12.0. The zero-order valence-corrected chi connectivity index (χ0v) is 9.94. The van der Waals surface area contributed by atoms with Crippen LogP contribution < -0.4 is 0 Å². The molecule has 1 aliphatic rings. The molecule has 16 heavy (non-hydrogen) atoms. The van der Waals surface area contributed by atoms with Gasteiger partial charge in [0.1, 0.15) is 0 Å². The van der Waals surface area contributed by atoms with Gasteiger partial charge in [-0.15, -0.1) is 0 Å². The molecule has 1 aliphatic carbocycles. The molecule has 0 saturated carbocycles. The highest BCUT2D eigenvalue weighted by Gasteiger charge is 2.22. The number of allylic oxidation sites excluding steroid dienone is 2. The lowest BCUT2D eigenvalue weighted by Crippen LogP contribution is -2.32. The van der Waals surface area contributed by atoms with Gasteiger partial charge in [0.05, 0.1) is 7.11 Å². The van der Waals surface area contributed by atoms with Gasteiger partial charge in [-0.3, -0.25) is 9.59 Å². The largest absolute Gasteiger partial charge is 0.469 e. The van der Waals surface area contributed by atoms with Crippen LogP contribution >= 0.6 is 0 Å². The maximum atomic E-state index is 11.9. The molecule has 1 rings (SSSR count). The van der Waals surface area contributed by atoms with Gasteiger partial charge in [0, 0.05) is 25.9 Å². The Morgan fingerprint density at radius 3 is 2.56 bits per heavy atom. The molecule has 0 bridgehead atoms. The summed E-state index contributed by atoms with van der Waals surface area (Å²) in [5.41, 5.74) is 0. The number of carbonyl (C=O) groups excluding carboxylic acids is 2. The average molecular weight is 225 g/mol. The van der Waals surface area contributed by atoms with Crippen molar-refractivity contribution in [3.63, 3.8) is 0 Å². The van der Waals surface area contributed by atoms with Crippen molar-refractivity contribution in [3.05, 3.63) is 12.2 Å². The average Bonchev–Trinajstić information content (AvgIpc) is 2.81. The van der Waals surface area contributed by atoms with Crippen molar-refractivity contribution in [2.75, 3.05) is 20.7 Å². The van der Waals surface area contributed by atoms with E-state index >= 15 is 0 Å². The van der Waals surface area contributed by atoms with Crippen LogP contribution in [0.1, 0.15) is 25.7 Å². The summed E-state index contributed by atoms with van der Waals surface area (Å²) in [6.45, 7) is 0.616. The van der Waals surface area contributed by atoms with Gasteiger partial charge in [0.2, 0.25) is 5.91 Å². The molecule has 0 aromatic rings. The number of amides is 1. The van der Waals surface area contributed by atoms with Crippen LogP contribution in [0.15, 0.2) is 12.2 Å². The summed E-state index contributed by atoms with van der Waals surface area (Å²) < 4.78 is 4.54. The minimum Gasteiger partial charge on any atom is -0.469 e. The summed E-state index contributed by atoms with van der Waals surface area (Å²) >= 11 is 0. The summed E-state index contributed by atoms with van der Waals surface area (Å²) in [4.78, 5) is 24.5. The first-order valence-electron chi connectivity index (χ1n) is 5.62. The van der Waals surface area contributed by atoms with Gasteiger partial charge in [-0.25, -0.2) is 0 Å². The molecule has 0 fully saturated rings. The molecule has 4 nitrogen and oxygen atoms in total. The third-order valence-electron chi connectivity index (χ3n) is 2.84. The van der Waals surface area contributed by atoms with Crippen LogP contribution in [0.3, 0.4) is 0 Å². The third kappa shape index (κ3) is 3.68. The number of methoxy groups -OCH3 is 1. The van der Waals surface area contributed by atoms with Gasteiger partial charge in [-0.2, -0.15) is 0 Å². The molecule has 0 atom stereocenters. The molecular weight excluding hydrogens is 206 g/mol. The monoisotopic (exact) mass is 225 g/mol. The van der Waals surface area contributed by atoms with Gasteiger partial charge >= 0.3 is 5.97 Å². The lowest BCUT2D eigenvalue weighted by molar-refractivity contribution is -0.141. The zero-order valence-electron chi connectivity index (χ0n) is 9.94. The Morgan fingerprint density at radius 2 is 2.00 bits per heavy atom. The second kappa shape index (κ2) is 6.30. The molecular formula is C12H19NO3. The standard InChI is InChI=1S/C12H19NO3/c1-13(9-5-8-11(14)16-2)12(15)10-6-3-4-7-10/h3-4,10H,5-9H2,1-2H3. The molecule has 0 heterocycles. The molecule has 0 unspecified atom stereocenters. The SMILES string of the molecule is COC(=O)CCCN(C)C(=O)C1CC=CC1. The Bertz CT molecular complexity index is 278. The quantitative estimate of drug-likeness (QED) is 0.524. The molecule has 1 amide bonds. The molecule has 0 N–H and O–H groups in total. The van der Waals surface area contributed by atoms with E-state index in [9.17, 15) is 9.59 Å². The number of hydrogen-bond acceptors (Lipinski definition) is 3. The maximum Gasteiger partial charge on any atom is 0.305 e. The van der Waals surface area contributed by atoms with Crippen LogP contribution in [0.4, 0.5) is 0 Å². The fraction of sp³-hybridized carbons (Fsp3) is 0.667. The highest BCUT2D eigenvalue weighted by molar-refractivity contribution is 5.79. The first-order chi connectivity index (χ1) is 7.65. The molecule has 0 saturated heterocycles. The minimum absolute atomic E-state index is 0.114. The van der Waals surface area contributed by atoms with Crippen LogP contribution in [0.25, 0.3) is 0 Å². The van der Waals surface area contributed by atoms with Crippen molar-refractivity contribution in [1.29, 1.82) is 0 Å². The van der Waals surface area contributed by atoms with Crippen molar-refractivity contribution in [2.24, 2.45) is 5.92 Å². The third-order valence-corrected chi connectivity index (χ3v) is 2.84. The molecule has 4 heteroatoms. The van der Waals surface area contributed by atoms with Crippen LogP contribution in [-0.2, 0) is 14.3 Å². The van der Waals surface area contributed by atoms with E-state index in [2.05, 4.69) is 4.74 Å². The molecule has 0 radical (unpaired) electrons. The Balaban J connectivity index is 2.21. The van der Waals surface area contributed by atoms with E-state index in [1.807, 2.05) is 12.2 Å². The van der Waals surface area contributed by atoms with E-state index in [0.29, 0.717) is 19.4 Å². The Labute approximate surface area is 96.3 Å². The second-order valence-corrected chi connectivity index (χ2v) is 4.08. The van der Waals surface area contributed by atoms with E-state index in [1.165, 1.54) is 7.11 Å². The molecule has 90 valence electrons. The van der Waals surface area contributed by atoms with Crippen LogP contribution in [-0.4, -0.2) is 37.5 Å². The van der Waals surface area contributed by atoms with Crippen molar-refractivity contribution in [2.45, 2.75) is 25.7 Å². The summed E-state index contributed by atoms with van der Waals surface area (Å²) in [5, 5.41) is 0. The van der Waals surface area contributed by atoms with Crippen molar-refractivity contribution >= 4 is 11.9 Å². The molecule has 0 aromatic heterocycles. The minimum atomic E-state index is -0.219. The number of ether oxygens (including phenoxy) is 1. The Morgan fingerprint density at radius 1 is 1.38 bits per heavy atom. The Hall–Kier alpha value is -1.32. The van der Waals surface area contributed by atoms with E-state index in [-0.39, 0.29) is 17.8 Å². The van der Waals surface area contributed by atoms with Gasteiger partial charge < -0.3 is 9.64 Å². The van der Waals surface area contributed by atoms with E-state index in [4.69, 9.17) is 0 Å². The maximum absolute atomic E-state index is 11.9. The number of hydrogen-bond donors (Lipinski definition) is 0. The van der Waals surface area contributed by atoms with Gasteiger partial charge in [-0.1, -0.05) is 12.2 Å². The van der Waals surface area contributed by atoms with Gasteiger partial charge in [-0.05, 0) is 19.3 Å². The highest BCUT2D eigenvalue weighted by atomic mass is 16.5. The first-order valence-corrected chi connectivity index (χ1v) is 5.62. The smallest absolute Gasteiger partial charge is 0.305 e. The second-order valence-electron chi connectivity index (χ2n) is 4.08. The number of carbonyl (C=O) groups is 2. The predicted octanol–water partition coefficient (Wildman–Crippen LogP) is 1.36. The lowest BCUT2D eigenvalue weighted by Gasteiger charge is -2.20. The molecule has 0 spiro atoms. The van der Waals surface area contributed by atoms with Gasteiger partial charge in [0.25, 0.3) is 0 Å². The van der Waals surface area contributed by atoms with E-state index < -0.39 is 0 Å². The van der Waals surface area contributed by atoms with Crippen LogP contribution in [0.5, 0.6) is 0 Å². The summed E-state index contributed by atoms with van der Waals surface area (Å²) in [6, 6.07) is 0. The molecule has 0 aromatic carbocycles. The normalized spacial score (nSPS) is 15.1. The van der Waals surface area contributed by atoms with Crippen LogP contribution in [0.2, 0.25) is 0 Å². The lowest BCUT2D eigenvalue weighted by atomic mass is 10.1. The number of nitrogens with zero attached hydrogens (tertiary/aromatic N) is 1. The molecule has 0 aliphatic heterocycles. The highest BCUT2D eigenvalue weighted by Crippen LogP contribution is 2.19. The number of rotatable bonds is 5. The van der Waals surface area contributed by atoms with Gasteiger partial charge in [0.15, 0.2) is 0 Å². The summed E-state index contributed by atoms with van der Waals surface area (Å²) in [6.07, 6.45) is 6.82. The summed E-state index contributed by atoms with van der Waals surface area (Å²) in [7, 11) is 3.17. The predicted molar refractivity (Wildman–Crippen MR) is 60.8 cm³/mol. The number of esters is 1. The first kappa shape index (κ1) is 12.7. The fourth-order valence-electron chi connectivity index (χ4n) is 1.80. The van der Waals surface area contributed by atoms with Crippen molar-refractivity contribution in [1.82, 2.24) is 4.90 Å².